The van der Waals surface area contributed by atoms with Gasteiger partial charge in [0.25, 0.3) is 0 Å². The molecule has 4 aromatic rings. The fraction of sp³-hybridized carbons (Fsp3) is 0.278. The molecule has 0 amide bonds. The molecule has 0 aromatic carbocycles. The summed E-state index contributed by atoms with van der Waals surface area (Å²) in [5, 5.41) is 16.9. The molecule has 0 bridgehead atoms. The van der Waals surface area contributed by atoms with E-state index >= 15 is 0 Å². The molecule has 0 aliphatic rings. The van der Waals surface area contributed by atoms with Gasteiger partial charge < -0.3 is 20.6 Å². The van der Waals surface area contributed by atoms with E-state index in [0.29, 0.717) is 16.1 Å². The van der Waals surface area contributed by atoms with E-state index in [-0.39, 0.29) is 17.6 Å². The summed E-state index contributed by atoms with van der Waals surface area (Å²) in [4.78, 5) is 16.9. The van der Waals surface area contributed by atoms with Crippen molar-refractivity contribution in [3.05, 3.63) is 48.3 Å². The van der Waals surface area contributed by atoms with E-state index in [1.54, 1.807) is 6.20 Å². The molecule has 0 aliphatic heterocycles. The number of anilines is 2. The molecule has 4 N–H and O–H groups in total. The Bertz CT molecular complexity index is 1190. The number of aliphatic hydroxyl groups is 1. The molecule has 12 heteroatoms. The van der Waals surface area contributed by atoms with Gasteiger partial charge in [0, 0.05) is 18.0 Å². The summed E-state index contributed by atoms with van der Waals surface area (Å²) in [6, 6.07) is 4.25. The molecule has 0 unspecified atom stereocenters. The number of nitrogens with zero attached hydrogens (tertiary/aromatic N) is 7. The molecule has 4 aromatic heterocycles. The van der Waals surface area contributed by atoms with Crippen LogP contribution in [0.2, 0.25) is 0 Å². The first-order chi connectivity index (χ1) is 14.3. The SMILES string of the molecule is Cc1ncc2ccc(-c3nc(N)nc(N[C@@H](c4ccn(C(F)F)n4)[C@H](C)O)n3)cn12. The zero-order valence-electron chi connectivity index (χ0n) is 16.1. The molecular formula is C18H19F2N9O. The summed E-state index contributed by atoms with van der Waals surface area (Å²) >= 11 is 0. The van der Waals surface area contributed by atoms with Gasteiger partial charge in [-0.25, -0.2) is 9.67 Å². The van der Waals surface area contributed by atoms with E-state index in [0.717, 1.165) is 17.5 Å². The zero-order valence-corrected chi connectivity index (χ0v) is 16.1. The average molecular weight is 415 g/mol. The highest BCUT2D eigenvalue weighted by molar-refractivity contribution is 5.61. The Balaban J connectivity index is 1.68. The van der Waals surface area contributed by atoms with Crippen molar-refractivity contribution in [3.8, 4) is 11.4 Å². The number of hydrogen-bond acceptors (Lipinski definition) is 8. The number of fused-ring (bicyclic) bond motifs is 1. The van der Waals surface area contributed by atoms with E-state index in [9.17, 15) is 13.9 Å². The highest BCUT2D eigenvalue weighted by atomic mass is 19.3. The van der Waals surface area contributed by atoms with E-state index in [1.165, 1.54) is 13.0 Å². The van der Waals surface area contributed by atoms with Crippen LogP contribution in [0.15, 0.2) is 36.8 Å². The summed E-state index contributed by atoms with van der Waals surface area (Å²) in [6.45, 7) is 0.590. The lowest BCUT2D eigenvalue weighted by atomic mass is 10.1. The lowest BCUT2D eigenvalue weighted by Crippen LogP contribution is -2.25. The smallest absolute Gasteiger partial charge is 0.333 e. The first-order valence-corrected chi connectivity index (χ1v) is 9.05. The third-order valence-corrected chi connectivity index (χ3v) is 4.54. The summed E-state index contributed by atoms with van der Waals surface area (Å²) in [7, 11) is 0. The van der Waals surface area contributed by atoms with Crippen molar-refractivity contribution in [2.24, 2.45) is 0 Å². The molecule has 0 saturated heterocycles. The number of nitrogen functional groups attached to an aromatic ring is 1. The van der Waals surface area contributed by atoms with Crippen LogP contribution in [0.5, 0.6) is 0 Å². The molecule has 10 nitrogen and oxygen atoms in total. The van der Waals surface area contributed by atoms with Crippen LogP contribution in [0, 0.1) is 6.92 Å². The molecule has 156 valence electrons. The van der Waals surface area contributed by atoms with Gasteiger partial charge in [-0.05, 0) is 32.0 Å². The van der Waals surface area contributed by atoms with Crippen LogP contribution in [-0.4, -0.2) is 45.3 Å². The highest BCUT2D eigenvalue weighted by Crippen LogP contribution is 2.24. The van der Waals surface area contributed by atoms with Gasteiger partial charge >= 0.3 is 6.55 Å². The normalized spacial score (nSPS) is 13.7. The lowest BCUT2D eigenvalue weighted by molar-refractivity contribution is 0.0555. The standard InChI is InChI=1S/C18H19F2N9O/c1-9(30)14(13-5-6-29(27-13)16(19)20)23-18-25-15(24-17(21)26-18)11-3-4-12-7-22-10(2)28(12)8-11/h3-9,14,16,30H,1-2H3,(H3,21,23,24,25,26)/t9-,14+/m0/s1. The number of imidazole rings is 1. The number of alkyl halides is 2. The van der Waals surface area contributed by atoms with Crippen LogP contribution >= 0.6 is 0 Å². The minimum absolute atomic E-state index is 0.0348. The number of nitrogens with two attached hydrogens (primary N) is 1. The number of nitrogens with one attached hydrogen (secondary N) is 1. The third kappa shape index (κ3) is 3.76. The molecule has 4 rings (SSSR count). The van der Waals surface area contributed by atoms with Gasteiger partial charge in [-0.2, -0.15) is 28.8 Å². The molecule has 0 saturated carbocycles. The minimum atomic E-state index is -2.78. The number of rotatable bonds is 6. The van der Waals surface area contributed by atoms with Gasteiger partial charge in [-0.1, -0.05) is 0 Å². The van der Waals surface area contributed by atoms with Crippen molar-refractivity contribution in [2.75, 3.05) is 11.1 Å². The number of aromatic nitrogens is 7. The number of pyridine rings is 1. The number of aliphatic hydroxyl groups excluding tert-OH is 1. The molecule has 2 atom stereocenters. The second kappa shape index (κ2) is 7.63. The molecule has 0 spiro atoms. The Morgan fingerprint density at radius 1 is 1.17 bits per heavy atom. The van der Waals surface area contributed by atoms with Crippen molar-refractivity contribution < 1.29 is 13.9 Å². The number of hydrogen-bond donors (Lipinski definition) is 3. The average Bonchev–Trinajstić information content (AvgIpc) is 3.33. The van der Waals surface area contributed by atoms with Crippen molar-refractivity contribution in [1.82, 2.24) is 34.1 Å². The monoisotopic (exact) mass is 415 g/mol. The molecular weight excluding hydrogens is 396 g/mol. The van der Waals surface area contributed by atoms with E-state index in [1.807, 2.05) is 29.7 Å². The van der Waals surface area contributed by atoms with Gasteiger partial charge in [-0.3, -0.25) is 0 Å². The summed E-state index contributed by atoms with van der Waals surface area (Å²) in [5.74, 6) is 1.16. The third-order valence-electron chi connectivity index (χ3n) is 4.54. The van der Waals surface area contributed by atoms with Crippen LogP contribution in [0.3, 0.4) is 0 Å². The maximum atomic E-state index is 12.8. The molecule has 30 heavy (non-hydrogen) atoms. The molecule has 0 fully saturated rings. The Hall–Kier alpha value is -3.67. The van der Waals surface area contributed by atoms with Gasteiger partial charge in [0.15, 0.2) is 5.82 Å². The fourth-order valence-corrected chi connectivity index (χ4v) is 3.05. The summed E-state index contributed by atoms with van der Waals surface area (Å²) in [6.07, 6.45) is 3.73. The van der Waals surface area contributed by atoms with Crippen LogP contribution in [0.4, 0.5) is 20.7 Å². The predicted octanol–water partition coefficient (Wildman–Crippen LogP) is 2.20. The first-order valence-electron chi connectivity index (χ1n) is 9.05. The van der Waals surface area contributed by atoms with E-state index < -0.39 is 18.7 Å². The van der Waals surface area contributed by atoms with Crippen molar-refractivity contribution >= 4 is 17.4 Å². The molecule has 4 heterocycles. The zero-order chi connectivity index (χ0) is 21.4. The summed E-state index contributed by atoms with van der Waals surface area (Å²) < 4.78 is 28.1. The predicted molar refractivity (Wildman–Crippen MR) is 105 cm³/mol. The van der Waals surface area contributed by atoms with E-state index in [4.69, 9.17) is 5.73 Å². The second-order valence-corrected chi connectivity index (χ2v) is 6.72. The number of aryl methyl sites for hydroxylation is 1. The fourth-order valence-electron chi connectivity index (χ4n) is 3.05. The topological polar surface area (TPSA) is 132 Å². The molecule has 0 aliphatic carbocycles. The molecule has 0 radical (unpaired) electrons. The Morgan fingerprint density at radius 3 is 2.67 bits per heavy atom. The Morgan fingerprint density at radius 2 is 1.97 bits per heavy atom. The number of halogens is 2. The van der Waals surface area contributed by atoms with Crippen LogP contribution in [-0.2, 0) is 0 Å². The lowest BCUT2D eigenvalue weighted by Gasteiger charge is -2.20. The quantitative estimate of drug-likeness (QED) is 0.437. The van der Waals surface area contributed by atoms with Gasteiger partial charge in [0.2, 0.25) is 11.9 Å². The van der Waals surface area contributed by atoms with Crippen LogP contribution in [0.25, 0.3) is 16.9 Å². The maximum Gasteiger partial charge on any atom is 0.333 e. The van der Waals surface area contributed by atoms with Crippen molar-refractivity contribution in [2.45, 2.75) is 32.5 Å². The first kappa shape index (κ1) is 19.6. The second-order valence-electron chi connectivity index (χ2n) is 6.72. The van der Waals surface area contributed by atoms with E-state index in [2.05, 4.69) is 30.4 Å². The van der Waals surface area contributed by atoms with Crippen molar-refractivity contribution in [1.29, 1.82) is 0 Å². The Kier molecular flexibility index (Phi) is 4.99. The maximum absolute atomic E-state index is 12.8. The highest BCUT2D eigenvalue weighted by Gasteiger charge is 2.23. The van der Waals surface area contributed by atoms with Gasteiger partial charge in [0.05, 0.1) is 29.6 Å². The largest absolute Gasteiger partial charge is 0.391 e. The van der Waals surface area contributed by atoms with Crippen molar-refractivity contribution in [3.63, 3.8) is 0 Å². The minimum Gasteiger partial charge on any atom is -0.391 e. The van der Waals surface area contributed by atoms with Gasteiger partial charge in [0.1, 0.15) is 5.82 Å². The Labute approximate surface area is 169 Å². The van der Waals surface area contributed by atoms with Crippen LogP contribution < -0.4 is 11.1 Å². The van der Waals surface area contributed by atoms with Gasteiger partial charge in [-0.15, -0.1) is 0 Å². The van der Waals surface area contributed by atoms with Crippen LogP contribution in [0.1, 0.15) is 31.0 Å². The summed E-state index contributed by atoms with van der Waals surface area (Å²) in [5.41, 5.74) is 7.65.